The molecule has 1 aliphatic rings. The highest BCUT2D eigenvalue weighted by Crippen LogP contribution is 2.18. The second-order valence-corrected chi connectivity index (χ2v) is 6.60. The number of carbonyl (C=O) groups excluding carboxylic acids is 1. The van der Waals surface area contributed by atoms with E-state index in [2.05, 4.69) is 15.2 Å². The van der Waals surface area contributed by atoms with E-state index in [1.165, 1.54) is 24.2 Å². The van der Waals surface area contributed by atoms with Crippen molar-refractivity contribution in [1.82, 2.24) is 10.3 Å². The molecule has 5 heteroatoms. The maximum Gasteiger partial charge on any atom is 0.261 e. The zero-order valence-electron chi connectivity index (χ0n) is 12.1. The van der Waals surface area contributed by atoms with Crippen LogP contribution in [0.15, 0.2) is 30.5 Å². The van der Waals surface area contributed by atoms with Gasteiger partial charge in [0.15, 0.2) is 0 Å². The molecule has 2 aromatic rings. The molecule has 0 aliphatic carbocycles. The molecule has 3 rings (SSSR count). The average molecular weight is 301 g/mol. The Labute approximate surface area is 128 Å². The minimum absolute atomic E-state index is 0.0169. The van der Waals surface area contributed by atoms with Crippen molar-refractivity contribution in [1.29, 1.82) is 0 Å². The van der Waals surface area contributed by atoms with Crippen LogP contribution >= 0.6 is 11.3 Å². The molecule has 21 heavy (non-hydrogen) atoms. The Balaban J connectivity index is 1.56. The number of nitrogens with one attached hydrogen (secondary N) is 1. The van der Waals surface area contributed by atoms with E-state index in [1.54, 1.807) is 0 Å². The van der Waals surface area contributed by atoms with Gasteiger partial charge in [-0.2, -0.15) is 0 Å². The van der Waals surface area contributed by atoms with Crippen LogP contribution in [0.4, 0.5) is 5.82 Å². The minimum atomic E-state index is -0.0169. The number of hydrogen-bond acceptors (Lipinski definition) is 4. The maximum absolute atomic E-state index is 12.0. The summed E-state index contributed by atoms with van der Waals surface area (Å²) >= 11 is 1.52. The quantitative estimate of drug-likeness (QED) is 0.944. The van der Waals surface area contributed by atoms with E-state index in [-0.39, 0.29) is 5.91 Å². The van der Waals surface area contributed by atoms with Crippen LogP contribution in [-0.2, 0) is 6.54 Å². The molecule has 0 bridgehead atoms. The van der Waals surface area contributed by atoms with Crippen LogP contribution in [0, 0.1) is 6.92 Å². The predicted octanol–water partition coefficient (Wildman–Crippen LogP) is 2.98. The Morgan fingerprint density at radius 3 is 2.71 bits per heavy atom. The summed E-state index contributed by atoms with van der Waals surface area (Å²) in [6.07, 6.45) is 4.35. The molecule has 1 N–H and O–H groups in total. The molecule has 0 aromatic carbocycles. The van der Waals surface area contributed by atoms with Crippen molar-refractivity contribution in [2.45, 2.75) is 26.3 Å². The largest absolute Gasteiger partial charge is 0.357 e. The van der Waals surface area contributed by atoms with Gasteiger partial charge < -0.3 is 10.2 Å². The molecule has 1 fully saturated rings. The van der Waals surface area contributed by atoms with Gasteiger partial charge in [-0.25, -0.2) is 4.98 Å². The van der Waals surface area contributed by atoms with E-state index in [1.807, 2.05) is 37.4 Å². The molecule has 3 heterocycles. The van der Waals surface area contributed by atoms with Crippen molar-refractivity contribution in [2.24, 2.45) is 0 Å². The highest BCUT2D eigenvalue weighted by molar-refractivity contribution is 7.13. The third-order valence-corrected chi connectivity index (χ3v) is 4.66. The number of hydrogen-bond donors (Lipinski definition) is 1. The molecule has 1 aliphatic heterocycles. The fraction of sp³-hybridized carbons (Fsp3) is 0.375. The van der Waals surface area contributed by atoms with Gasteiger partial charge in [0.2, 0.25) is 0 Å². The molecule has 1 amide bonds. The van der Waals surface area contributed by atoms with Crippen LogP contribution in [0.5, 0.6) is 0 Å². The van der Waals surface area contributed by atoms with Gasteiger partial charge in [0.1, 0.15) is 5.82 Å². The van der Waals surface area contributed by atoms with Crippen molar-refractivity contribution in [3.63, 3.8) is 0 Å². The SMILES string of the molecule is Cc1ccc(C(=O)NCc2ccc(N3CCCC3)nc2)s1. The van der Waals surface area contributed by atoms with Crippen LogP contribution < -0.4 is 10.2 Å². The van der Waals surface area contributed by atoms with E-state index < -0.39 is 0 Å². The smallest absolute Gasteiger partial charge is 0.261 e. The summed E-state index contributed by atoms with van der Waals surface area (Å²) < 4.78 is 0. The van der Waals surface area contributed by atoms with Crippen molar-refractivity contribution in [3.8, 4) is 0 Å². The van der Waals surface area contributed by atoms with Crippen molar-refractivity contribution >= 4 is 23.1 Å². The van der Waals surface area contributed by atoms with E-state index in [4.69, 9.17) is 0 Å². The Morgan fingerprint density at radius 2 is 2.10 bits per heavy atom. The molecule has 0 radical (unpaired) electrons. The van der Waals surface area contributed by atoms with Gasteiger partial charge in [-0.15, -0.1) is 11.3 Å². The first-order valence-corrected chi connectivity index (χ1v) is 8.08. The maximum atomic E-state index is 12.0. The van der Waals surface area contributed by atoms with Crippen molar-refractivity contribution in [3.05, 3.63) is 45.8 Å². The third kappa shape index (κ3) is 3.42. The molecule has 110 valence electrons. The van der Waals surface area contributed by atoms with Gasteiger partial charge in [0.25, 0.3) is 5.91 Å². The number of amides is 1. The van der Waals surface area contributed by atoms with E-state index >= 15 is 0 Å². The molecule has 1 saturated heterocycles. The van der Waals surface area contributed by atoms with Crippen molar-refractivity contribution < 1.29 is 4.79 Å². The summed E-state index contributed by atoms with van der Waals surface area (Å²) in [5.41, 5.74) is 1.03. The first kappa shape index (κ1) is 14.1. The summed E-state index contributed by atoms with van der Waals surface area (Å²) in [5.74, 6) is 1.02. The Hall–Kier alpha value is -1.88. The topological polar surface area (TPSA) is 45.2 Å². The minimum Gasteiger partial charge on any atom is -0.357 e. The van der Waals surface area contributed by atoms with Gasteiger partial charge in [-0.1, -0.05) is 6.07 Å². The number of anilines is 1. The monoisotopic (exact) mass is 301 g/mol. The Kier molecular flexibility index (Phi) is 4.20. The highest BCUT2D eigenvalue weighted by atomic mass is 32.1. The molecule has 0 unspecified atom stereocenters. The molecule has 2 aromatic heterocycles. The van der Waals surface area contributed by atoms with Crippen LogP contribution in [0.2, 0.25) is 0 Å². The Morgan fingerprint density at radius 1 is 1.29 bits per heavy atom. The molecule has 0 spiro atoms. The summed E-state index contributed by atoms with van der Waals surface area (Å²) in [7, 11) is 0. The number of pyridine rings is 1. The second-order valence-electron chi connectivity index (χ2n) is 5.31. The fourth-order valence-electron chi connectivity index (χ4n) is 2.48. The fourth-order valence-corrected chi connectivity index (χ4v) is 3.26. The van der Waals surface area contributed by atoms with Crippen LogP contribution in [0.25, 0.3) is 0 Å². The zero-order valence-corrected chi connectivity index (χ0v) is 12.9. The summed E-state index contributed by atoms with van der Waals surface area (Å²) in [4.78, 5) is 20.7. The van der Waals surface area contributed by atoms with E-state index in [9.17, 15) is 4.79 Å². The number of thiophene rings is 1. The summed E-state index contributed by atoms with van der Waals surface area (Å²) in [5, 5.41) is 2.94. The normalized spacial score (nSPS) is 14.4. The molecule has 0 saturated carbocycles. The summed E-state index contributed by atoms with van der Waals surface area (Å²) in [6, 6.07) is 7.92. The lowest BCUT2D eigenvalue weighted by molar-refractivity contribution is 0.0955. The van der Waals surface area contributed by atoms with Gasteiger partial charge >= 0.3 is 0 Å². The lowest BCUT2D eigenvalue weighted by Gasteiger charge is -2.16. The van der Waals surface area contributed by atoms with Gasteiger partial charge in [-0.3, -0.25) is 4.79 Å². The van der Waals surface area contributed by atoms with Crippen LogP contribution in [-0.4, -0.2) is 24.0 Å². The van der Waals surface area contributed by atoms with Gasteiger partial charge in [-0.05, 0) is 43.5 Å². The highest BCUT2D eigenvalue weighted by Gasteiger charge is 2.13. The number of aryl methyl sites for hydroxylation is 1. The number of carbonyl (C=O) groups is 1. The second kappa shape index (κ2) is 6.26. The first-order chi connectivity index (χ1) is 10.2. The average Bonchev–Trinajstić information content (AvgIpc) is 3.16. The molecule has 4 nitrogen and oxygen atoms in total. The van der Waals surface area contributed by atoms with Crippen molar-refractivity contribution in [2.75, 3.05) is 18.0 Å². The first-order valence-electron chi connectivity index (χ1n) is 7.27. The lowest BCUT2D eigenvalue weighted by atomic mass is 10.2. The standard InChI is InChI=1S/C16H19N3OS/c1-12-4-6-14(21-12)16(20)18-11-13-5-7-15(17-10-13)19-8-2-3-9-19/h4-7,10H,2-3,8-9,11H2,1H3,(H,18,20). The number of rotatable bonds is 4. The molecular weight excluding hydrogens is 282 g/mol. The zero-order chi connectivity index (χ0) is 14.7. The lowest BCUT2D eigenvalue weighted by Crippen LogP contribution is -2.22. The van der Waals surface area contributed by atoms with Gasteiger partial charge in [0.05, 0.1) is 4.88 Å². The number of aromatic nitrogens is 1. The predicted molar refractivity (Wildman–Crippen MR) is 85.9 cm³/mol. The number of nitrogens with zero attached hydrogens (tertiary/aromatic N) is 2. The molecular formula is C16H19N3OS. The van der Waals surface area contributed by atoms with Crippen LogP contribution in [0.3, 0.4) is 0 Å². The molecule has 0 atom stereocenters. The van der Waals surface area contributed by atoms with Gasteiger partial charge in [0, 0.05) is 30.7 Å². The summed E-state index contributed by atoms with van der Waals surface area (Å²) in [6.45, 7) is 4.72. The third-order valence-electron chi connectivity index (χ3n) is 3.66. The van der Waals surface area contributed by atoms with E-state index in [0.29, 0.717) is 6.54 Å². The van der Waals surface area contributed by atoms with Crippen LogP contribution in [0.1, 0.15) is 33.0 Å². The van der Waals surface area contributed by atoms with E-state index in [0.717, 1.165) is 34.2 Å². The Bertz CT molecular complexity index is 615.